The Kier molecular flexibility index (Phi) is 3.32. The molecule has 0 aromatic heterocycles. The lowest BCUT2D eigenvalue weighted by molar-refractivity contribution is 0.153. The zero-order valence-electron chi connectivity index (χ0n) is 8.74. The van der Waals surface area contributed by atoms with E-state index in [1.54, 1.807) is 0 Å². The second-order valence-corrected chi connectivity index (χ2v) is 4.76. The van der Waals surface area contributed by atoms with Gasteiger partial charge in [-0.2, -0.15) is 0 Å². The third-order valence-corrected chi connectivity index (χ3v) is 3.29. The minimum Gasteiger partial charge on any atom is -0.493 e. The summed E-state index contributed by atoms with van der Waals surface area (Å²) in [4.78, 5) is 0. The lowest BCUT2D eigenvalue weighted by atomic mass is 10.1. The summed E-state index contributed by atoms with van der Waals surface area (Å²) in [6, 6.07) is 5.81. The highest BCUT2D eigenvalue weighted by Gasteiger charge is 2.30. The first-order valence-corrected chi connectivity index (χ1v) is 6.12. The van der Waals surface area contributed by atoms with Crippen molar-refractivity contribution in [3.8, 4) is 5.75 Å². The van der Waals surface area contributed by atoms with Crippen molar-refractivity contribution in [2.75, 3.05) is 6.61 Å². The monoisotopic (exact) mass is 270 g/mol. The normalized spacial score (nSPS) is 17.5. The van der Waals surface area contributed by atoms with E-state index in [4.69, 9.17) is 4.74 Å². The van der Waals surface area contributed by atoms with Crippen molar-refractivity contribution < 1.29 is 9.84 Å². The zero-order chi connectivity index (χ0) is 10.8. The van der Waals surface area contributed by atoms with E-state index in [0.29, 0.717) is 12.5 Å². The van der Waals surface area contributed by atoms with Crippen LogP contribution in [0, 0.1) is 5.92 Å². The molecule has 0 amide bonds. The second kappa shape index (κ2) is 4.54. The molecule has 2 nitrogen and oxygen atoms in total. The molecule has 1 saturated carbocycles. The topological polar surface area (TPSA) is 29.5 Å². The molecule has 1 aliphatic carbocycles. The molecule has 1 atom stereocenters. The molecule has 1 aromatic carbocycles. The molecule has 1 N–H and O–H groups in total. The maximum atomic E-state index is 9.94. The summed E-state index contributed by atoms with van der Waals surface area (Å²) in [6.45, 7) is 2.61. The minimum absolute atomic E-state index is 0.308. The molecule has 0 saturated heterocycles. The zero-order valence-corrected chi connectivity index (χ0v) is 10.3. The highest BCUT2D eigenvalue weighted by molar-refractivity contribution is 9.10. The van der Waals surface area contributed by atoms with Crippen molar-refractivity contribution in [1.82, 2.24) is 0 Å². The van der Waals surface area contributed by atoms with Gasteiger partial charge in [-0.1, -0.05) is 6.07 Å². The highest BCUT2D eigenvalue weighted by atomic mass is 79.9. The van der Waals surface area contributed by atoms with Gasteiger partial charge < -0.3 is 9.84 Å². The molecule has 82 valence electrons. The Balaban J connectivity index is 2.16. The summed E-state index contributed by atoms with van der Waals surface area (Å²) in [6.07, 6.45) is 1.98. The fourth-order valence-corrected chi connectivity index (χ4v) is 2.17. The van der Waals surface area contributed by atoms with Gasteiger partial charge in [-0.25, -0.2) is 0 Å². The van der Waals surface area contributed by atoms with E-state index in [1.807, 2.05) is 25.1 Å². The van der Waals surface area contributed by atoms with Gasteiger partial charge in [0.05, 0.1) is 17.2 Å². The van der Waals surface area contributed by atoms with Crippen LogP contribution < -0.4 is 4.74 Å². The molecular weight excluding hydrogens is 256 g/mol. The first-order chi connectivity index (χ1) is 7.22. The van der Waals surface area contributed by atoms with Crippen LogP contribution in [0.15, 0.2) is 22.7 Å². The maximum absolute atomic E-state index is 9.94. The third-order valence-electron chi connectivity index (χ3n) is 2.67. The molecule has 3 heteroatoms. The van der Waals surface area contributed by atoms with Gasteiger partial charge in [0, 0.05) is 0 Å². The van der Waals surface area contributed by atoms with E-state index < -0.39 is 0 Å². The van der Waals surface area contributed by atoms with Crippen LogP contribution in [0.5, 0.6) is 5.75 Å². The number of aliphatic hydroxyl groups is 1. The molecule has 1 fully saturated rings. The average molecular weight is 271 g/mol. The Morgan fingerprint density at radius 3 is 2.80 bits per heavy atom. The first kappa shape index (κ1) is 11.0. The number of rotatable bonds is 4. The van der Waals surface area contributed by atoms with Crippen LogP contribution in [0.25, 0.3) is 0 Å². The van der Waals surface area contributed by atoms with Crippen LogP contribution >= 0.6 is 15.9 Å². The van der Waals surface area contributed by atoms with Crippen molar-refractivity contribution in [1.29, 1.82) is 0 Å². The van der Waals surface area contributed by atoms with Crippen molar-refractivity contribution in [2.24, 2.45) is 5.92 Å². The summed E-state index contributed by atoms with van der Waals surface area (Å²) in [5, 5.41) is 9.94. The SMILES string of the molecule is CCOc1ccc(C(O)C2CC2)cc1Br. The number of benzene rings is 1. The third kappa shape index (κ3) is 2.52. The molecule has 1 unspecified atom stereocenters. The molecule has 2 rings (SSSR count). The number of ether oxygens (including phenoxy) is 1. The Bertz CT molecular complexity index is 347. The summed E-state index contributed by atoms with van der Waals surface area (Å²) in [5.74, 6) is 1.30. The van der Waals surface area contributed by atoms with Crippen LogP contribution in [0.4, 0.5) is 0 Å². The Labute approximate surface area is 98.4 Å². The van der Waals surface area contributed by atoms with Gasteiger partial charge >= 0.3 is 0 Å². The van der Waals surface area contributed by atoms with E-state index in [-0.39, 0.29) is 6.10 Å². The fourth-order valence-electron chi connectivity index (χ4n) is 1.66. The van der Waals surface area contributed by atoms with Gasteiger partial charge in [-0.15, -0.1) is 0 Å². The number of halogens is 1. The van der Waals surface area contributed by atoms with Crippen LogP contribution in [-0.2, 0) is 0 Å². The molecule has 0 heterocycles. The number of hydrogen-bond donors (Lipinski definition) is 1. The van der Waals surface area contributed by atoms with E-state index in [1.165, 1.54) is 0 Å². The molecule has 0 radical (unpaired) electrons. The molecular formula is C12H15BrO2. The quantitative estimate of drug-likeness (QED) is 0.910. The van der Waals surface area contributed by atoms with Crippen molar-refractivity contribution in [3.63, 3.8) is 0 Å². The minimum atomic E-state index is -0.308. The second-order valence-electron chi connectivity index (χ2n) is 3.91. The molecule has 0 spiro atoms. The van der Waals surface area contributed by atoms with E-state index in [0.717, 1.165) is 28.6 Å². The summed E-state index contributed by atoms with van der Waals surface area (Å²) >= 11 is 3.45. The fraction of sp³-hybridized carbons (Fsp3) is 0.500. The average Bonchev–Trinajstić information content (AvgIpc) is 3.04. The lowest BCUT2D eigenvalue weighted by Gasteiger charge is -2.12. The van der Waals surface area contributed by atoms with Gasteiger partial charge in [0.2, 0.25) is 0 Å². The van der Waals surface area contributed by atoms with Gasteiger partial charge in [0.25, 0.3) is 0 Å². The van der Waals surface area contributed by atoms with E-state index in [9.17, 15) is 5.11 Å². The van der Waals surface area contributed by atoms with Crippen LogP contribution in [0.3, 0.4) is 0 Å². The van der Waals surface area contributed by atoms with Gasteiger partial charge in [0.1, 0.15) is 5.75 Å². The Hall–Kier alpha value is -0.540. The highest BCUT2D eigenvalue weighted by Crippen LogP contribution is 2.42. The summed E-state index contributed by atoms with van der Waals surface area (Å²) < 4.78 is 6.34. The molecule has 0 aliphatic heterocycles. The largest absolute Gasteiger partial charge is 0.493 e. The van der Waals surface area contributed by atoms with Crippen molar-refractivity contribution in [3.05, 3.63) is 28.2 Å². The van der Waals surface area contributed by atoms with E-state index >= 15 is 0 Å². The standard InChI is InChI=1S/C12H15BrO2/c1-2-15-11-6-5-9(7-10(11)13)12(14)8-3-4-8/h5-8,12,14H,2-4H2,1H3. The Morgan fingerprint density at radius 1 is 1.53 bits per heavy atom. The number of hydrogen-bond acceptors (Lipinski definition) is 2. The predicted octanol–water partition coefficient (Wildman–Crippen LogP) is 3.29. The van der Waals surface area contributed by atoms with E-state index in [2.05, 4.69) is 15.9 Å². The molecule has 15 heavy (non-hydrogen) atoms. The lowest BCUT2D eigenvalue weighted by Crippen LogP contribution is -2.00. The molecule has 1 aromatic rings. The van der Waals surface area contributed by atoms with Crippen LogP contribution in [0.2, 0.25) is 0 Å². The van der Waals surface area contributed by atoms with Gasteiger partial charge in [-0.05, 0) is 59.3 Å². The summed E-state index contributed by atoms with van der Waals surface area (Å²) in [5.41, 5.74) is 0.979. The van der Waals surface area contributed by atoms with Crippen LogP contribution in [0.1, 0.15) is 31.4 Å². The first-order valence-electron chi connectivity index (χ1n) is 5.32. The molecule has 0 bridgehead atoms. The molecule has 1 aliphatic rings. The van der Waals surface area contributed by atoms with Crippen molar-refractivity contribution >= 4 is 15.9 Å². The number of aliphatic hydroxyl groups excluding tert-OH is 1. The van der Waals surface area contributed by atoms with Crippen molar-refractivity contribution in [2.45, 2.75) is 25.9 Å². The van der Waals surface area contributed by atoms with Crippen LogP contribution in [-0.4, -0.2) is 11.7 Å². The maximum Gasteiger partial charge on any atom is 0.133 e. The smallest absolute Gasteiger partial charge is 0.133 e. The Morgan fingerprint density at radius 2 is 2.27 bits per heavy atom. The van der Waals surface area contributed by atoms with Gasteiger partial charge in [-0.3, -0.25) is 0 Å². The van der Waals surface area contributed by atoms with Gasteiger partial charge in [0.15, 0.2) is 0 Å². The summed E-state index contributed by atoms with van der Waals surface area (Å²) in [7, 11) is 0. The predicted molar refractivity (Wildman–Crippen MR) is 63.0 cm³/mol.